The van der Waals surface area contributed by atoms with E-state index in [9.17, 15) is 61.5 Å². The van der Waals surface area contributed by atoms with Crippen LogP contribution in [-0.4, -0.2) is 182 Å². The molecule has 0 heterocycles. The van der Waals surface area contributed by atoms with E-state index in [0.717, 1.165) is 78.9 Å². The third kappa shape index (κ3) is 12.0. The molecule has 0 aliphatic heterocycles. The van der Waals surface area contributed by atoms with Crippen molar-refractivity contribution in [1.29, 1.82) is 0 Å². The quantitative estimate of drug-likeness (QED) is 0.0662. The fraction of sp³-hybridized carbons (Fsp3) is 0. The maximum atomic E-state index is 13.4. The summed E-state index contributed by atoms with van der Waals surface area (Å²) in [5, 5.41) is 4.74. The van der Waals surface area contributed by atoms with E-state index >= 15 is 0 Å². The number of hydrogen-bond acceptors (Lipinski definition) is 11. The van der Waals surface area contributed by atoms with Crippen molar-refractivity contribution in [2.45, 2.75) is 19.6 Å². The van der Waals surface area contributed by atoms with E-state index in [1.165, 1.54) is 0 Å². The summed E-state index contributed by atoms with van der Waals surface area (Å²) in [5.41, 5.74) is 4.82. The largest absolute Gasteiger partial charge is 0.399 e. The van der Waals surface area contributed by atoms with E-state index in [4.69, 9.17) is 5.73 Å². The summed E-state index contributed by atoms with van der Waals surface area (Å²) in [4.78, 5) is 24.0. The molecule has 5 aromatic rings. The fourth-order valence-electron chi connectivity index (χ4n) is 4.77. The first-order valence-electron chi connectivity index (χ1n) is 13.1. The predicted molar refractivity (Wildman–Crippen MR) is 197 cm³/mol. The molecule has 53 heavy (non-hydrogen) atoms. The molecule has 0 saturated heterocycles. The van der Waals surface area contributed by atoms with Gasteiger partial charge in [0.25, 0.3) is 52.3 Å². The second-order valence-electron chi connectivity index (χ2n) is 10.4. The van der Waals surface area contributed by atoms with Gasteiger partial charge in [-0.1, -0.05) is 12.1 Å². The summed E-state index contributed by atoms with van der Waals surface area (Å²) in [6, 6.07) is 13.0. The summed E-state index contributed by atoms with van der Waals surface area (Å²) in [7, 11) is -19.2. The van der Waals surface area contributed by atoms with Gasteiger partial charge in [-0.05, 0) is 77.5 Å². The SMILES string of the molecule is Nc1cc(C(=O)Nc2cc(S(=O)(=O)O)cc3cc(S(=O)(=O)O)ccc23)cc(C(=O)Nc2cc(S(=O)(=O)O)cc3cc(S(=O)(=O)O)ccc23)c1.[Na].[Na].[Na].[Na]. The molecule has 5 rings (SSSR count). The van der Waals surface area contributed by atoms with Crippen molar-refractivity contribution in [2.24, 2.45) is 0 Å². The van der Waals surface area contributed by atoms with Gasteiger partial charge in [0.1, 0.15) is 0 Å². The Morgan fingerprint density at radius 3 is 1.06 bits per heavy atom. The Labute approximate surface area is 391 Å². The number of nitrogens with one attached hydrogen (secondary N) is 2. The van der Waals surface area contributed by atoms with Crippen LogP contribution in [0.3, 0.4) is 0 Å². The molecule has 0 bridgehead atoms. The number of amides is 2. The topological polar surface area (TPSA) is 302 Å². The molecule has 4 radical (unpaired) electrons. The number of anilines is 3. The third-order valence-corrected chi connectivity index (χ3v) is 10.3. The third-order valence-electron chi connectivity index (χ3n) is 6.96. The Bertz CT molecular complexity index is 2540. The van der Waals surface area contributed by atoms with Crippen molar-refractivity contribution in [2.75, 3.05) is 16.4 Å². The van der Waals surface area contributed by atoms with Crippen molar-refractivity contribution < 1.29 is 61.5 Å². The van der Waals surface area contributed by atoms with Gasteiger partial charge in [0, 0.05) is 146 Å². The molecule has 2 amide bonds. The zero-order chi connectivity index (χ0) is 36.3. The molecule has 0 unspecified atom stereocenters. The van der Waals surface area contributed by atoms with Gasteiger partial charge in [-0.25, -0.2) is 0 Å². The molecule has 0 aliphatic carbocycles. The van der Waals surface area contributed by atoms with Gasteiger partial charge in [0.15, 0.2) is 0 Å². The molecule has 260 valence electrons. The number of nitrogen functional groups attached to an aromatic ring is 1. The first-order valence-corrected chi connectivity index (χ1v) is 18.9. The van der Waals surface area contributed by atoms with Gasteiger partial charge in [-0.3, -0.25) is 27.8 Å². The Balaban J connectivity index is 0.00000351. The molecule has 25 heteroatoms. The van der Waals surface area contributed by atoms with E-state index < -0.39 is 71.9 Å². The van der Waals surface area contributed by atoms with Crippen molar-refractivity contribution in [1.82, 2.24) is 0 Å². The van der Waals surface area contributed by atoms with Crippen molar-refractivity contribution >= 4 is 209 Å². The molecular weight excluding hydrogens is 823 g/mol. The van der Waals surface area contributed by atoms with Crippen molar-refractivity contribution in [3.05, 3.63) is 90.0 Å². The summed E-state index contributed by atoms with van der Waals surface area (Å²) in [5.74, 6) is -1.93. The molecule has 8 N–H and O–H groups in total. The minimum absolute atomic E-state index is 0. The number of fused-ring (bicyclic) bond motifs is 2. The fourth-order valence-corrected chi connectivity index (χ4v) is 6.89. The van der Waals surface area contributed by atoms with E-state index in [-0.39, 0.29) is 168 Å². The average Bonchev–Trinajstić information content (AvgIpc) is 2.98. The first kappa shape index (κ1) is 50.0. The Morgan fingerprint density at radius 2 is 0.755 bits per heavy atom. The second kappa shape index (κ2) is 18.5. The standard InChI is InChI=1S/C28H21N3O14S4.4Na/c29-18-6-16(27(32)30-25-12-21(48(40,41)42)10-14-8-19(46(34,35)36)1-3-23(14)25)5-17(7-18)28(33)31-26-13-22(49(43,44)45)11-15-9-20(47(37,38)39)2-4-24(15)26;;;;/h1-13H,29H2,(H,30,32)(H,31,33)(H,34,35,36)(H,37,38,39)(H,40,41,42)(H,43,44,45);;;;. The van der Waals surface area contributed by atoms with Gasteiger partial charge in [-0.2, -0.15) is 33.7 Å². The van der Waals surface area contributed by atoms with E-state index in [1.54, 1.807) is 0 Å². The molecule has 0 fully saturated rings. The van der Waals surface area contributed by atoms with Crippen LogP contribution in [-0.2, 0) is 40.5 Å². The summed E-state index contributed by atoms with van der Waals surface area (Å²) >= 11 is 0. The molecule has 0 atom stereocenters. The van der Waals surface area contributed by atoms with Crippen LogP contribution in [0.25, 0.3) is 21.5 Å². The predicted octanol–water partition coefficient (Wildman–Crippen LogP) is 1.54. The molecular formula is C28H21N3Na4O14S4. The normalized spacial score (nSPS) is 11.6. The zero-order valence-corrected chi connectivity index (χ0v) is 39.4. The number of hydrogen-bond donors (Lipinski definition) is 7. The van der Waals surface area contributed by atoms with Crippen molar-refractivity contribution in [3.8, 4) is 0 Å². The van der Waals surface area contributed by atoms with Crippen LogP contribution < -0.4 is 16.4 Å². The maximum Gasteiger partial charge on any atom is 0.294 e. The van der Waals surface area contributed by atoms with E-state index in [1.807, 2.05) is 0 Å². The van der Waals surface area contributed by atoms with E-state index in [0.29, 0.717) is 0 Å². The molecule has 0 spiro atoms. The Morgan fingerprint density at radius 1 is 0.453 bits per heavy atom. The number of carbonyl (C=O) groups excluding carboxylic acids is 2. The van der Waals surface area contributed by atoms with Crippen LogP contribution in [0, 0.1) is 0 Å². The van der Waals surface area contributed by atoms with Gasteiger partial charge in [0.05, 0.1) is 31.0 Å². The van der Waals surface area contributed by atoms with Crippen molar-refractivity contribution in [3.63, 3.8) is 0 Å². The molecule has 0 saturated carbocycles. The monoisotopic (exact) mass is 843 g/mol. The smallest absolute Gasteiger partial charge is 0.294 e. The van der Waals surface area contributed by atoms with Gasteiger partial charge in [0.2, 0.25) is 0 Å². The van der Waals surface area contributed by atoms with Crippen LogP contribution in [0.4, 0.5) is 17.1 Å². The number of rotatable bonds is 8. The average molecular weight is 844 g/mol. The number of carbonyl (C=O) groups is 2. The maximum absolute atomic E-state index is 13.4. The minimum atomic E-state index is -4.89. The Hall–Kier alpha value is -1.000. The number of benzene rings is 5. The molecule has 5 aromatic carbocycles. The molecule has 17 nitrogen and oxygen atoms in total. The minimum Gasteiger partial charge on any atom is -0.399 e. The second-order valence-corrected chi connectivity index (χ2v) is 16.0. The zero-order valence-electron chi connectivity index (χ0n) is 28.1. The van der Waals surface area contributed by atoms with Crippen LogP contribution in [0.15, 0.2) is 98.4 Å². The number of nitrogens with two attached hydrogens (primary N) is 1. The summed E-state index contributed by atoms with van der Waals surface area (Å²) in [6.45, 7) is 0. The van der Waals surface area contributed by atoms with Crippen LogP contribution in [0.5, 0.6) is 0 Å². The van der Waals surface area contributed by atoms with Crippen LogP contribution >= 0.6 is 0 Å². The summed E-state index contributed by atoms with van der Waals surface area (Å²) < 4.78 is 132. The Kier molecular flexibility index (Phi) is 17.5. The van der Waals surface area contributed by atoms with Gasteiger partial charge < -0.3 is 16.4 Å². The molecule has 0 aromatic heterocycles. The van der Waals surface area contributed by atoms with Gasteiger partial charge in [-0.15, -0.1) is 0 Å². The first-order chi connectivity index (χ1) is 22.5. The van der Waals surface area contributed by atoms with Crippen LogP contribution in [0.2, 0.25) is 0 Å². The van der Waals surface area contributed by atoms with E-state index in [2.05, 4.69) is 10.6 Å². The molecule has 0 aliphatic rings. The van der Waals surface area contributed by atoms with Crippen LogP contribution in [0.1, 0.15) is 20.7 Å². The summed E-state index contributed by atoms with van der Waals surface area (Å²) in [6.07, 6.45) is 0. The van der Waals surface area contributed by atoms with Gasteiger partial charge >= 0.3 is 0 Å².